The van der Waals surface area contributed by atoms with Crippen molar-refractivity contribution in [1.82, 2.24) is 4.90 Å². The minimum absolute atomic E-state index is 0.257. The first kappa shape index (κ1) is 26.4. The number of nitrogens with zero attached hydrogens (tertiary/aromatic N) is 1. The fraction of sp³-hybridized carbons (Fsp3) is 0.312. The van der Waals surface area contributed by atoms with Crippen molar-refractivity contribution in [3.63, 3.8) is 0 Å². The molecular formula is C32H29BrN2O5. The molecule has 7 nitrogen and oxygen atoms in total. The largest absolute Gasteiger partial charge is 0.454 e. The van der Waals surface area contributed by atoms with Gasteiger partial charge in [-0.1, -0.05) is 78.3 Å². The van der Waals surface area contributed by atoms with Crippen LogP contribution >= 0.6 is 15.9 Å². The van der Waals surface area contributed by atoms with Crippen LogP contribution in [0.3, 0.4) is 0 Å². The Morgan fingerprint density at radius 2 is 1.38 bits per heavy atom. The van der Waals surface area contributed by atoms with Crippen molar-refractivity contribution in [3.05, 3.63) is 99.0 Å². The van der Waals surface area contributed by atoms with Crippen LogP contribution in [0.5, 0.6) is 0 Å². The number of anilines is 1. The molecule has 8 heteroatoms. The van der Waals surface area contributed by atoms with Crippen LogP contribution < -0.4 is 5.32 Å². The molecule has 3 aliphatic carbocycles. The van der Waals surface area contributed by atoms with Crippen LogP contribution in [-0.2, 0) is 23.9 Å². The molecular weight excluding hydrogens is 572 g/mol. The van der Waals surface area contributed by atoms with Gasteiger partial charge in [0, 0.05) is 22.0 Å². The van der Waals surface area contributed by atoms with Gasteiger partial charge in [-0.25, -0.2) is 4.79 Å². The van der Waals surface area contributed by atoms with E-state index >= 15 is 0 Å². The molecule has 7 rings (SSSR count). The van der Waals surface area contributed by atoms with E-state index < -0.39 is 42.3 Å². The summed E-state index contributed by atoms with van der Waals surface area (Å²) in [4.78, 5) is 55.3. The molecule has 2 bridgehead atoms. The van der Waals surface area contributed by atoms with Crippen LogP contribution in [0, 0.1) is 24.7 Å². The molecule has 3 amide bonds. The molecule has 0 aromatic heterocycles. The first-order valence-corrected chi connectivity index (χ1v) is 14.3. The number of esters is 1. The fourth-order valence-electron chi connectivity index (χ4n) is 6.83. The molecule has 204 valence electrons. The number of amides is 3. The smallest absolute Gasteiger partial charge is 0.330 e. The highest BCUT2D eigenvalue weighted by Crippen LogP contribution is 2.61. The first-order valence-electron chi connectivity index (χ1n) is 13.5. The molecule has 1 saturated heterocycles. The Hall–Kier alpha value is -3.78. The number of carbonyl (C=O) groups excluding carboxylic acids is 4. The molecule has 1 aliphatic heterocycles. The molecule has 0 spiro atoms. The van der Waals surface area contributed by atoms with Crippen molar-refractivity contribution in [2.75, 3.05) is 11.9 Å². The molecule has 3 atom stereocenters. The summed E-state index contributed by atoms with van der Waals surface area (Å²) in [7, 11) is 0. The van der Waals surface area contributed by atoms with E-state index in [2.05, 4.69) is 21.2 Å². The molecule has 1 heterocycles. The van der Waals surface area contributed by atoms with Crippen LogP contribution in [0.25, 0.3) is 0 Å². The van der Waals surface area contributed by atoms with Crippen LogP contribution in [0.1, 0.15) is 53.5 Å². The van der Waals surface area contributed by atoms with Crippen LogP contribution in [0.4, 0.5) is 5.69 Å². The van der Waals surface area contributed by atoms with Crippen molar-refractivity contribution in [3.8, 4) is 0 Å². The van der Waals surface area contributed by atoms with Gasteiger partial charge >= 0.3 is 5.97 Å². The number of hydrogen-bond acceptors (Lipinski definition) is 5. The molecule has 1 fully saturated rings. The number of carbonyl (C=O) groups is 4. The van der Waals surface area contributed by atoms with Gasteiger partial charge in [-0.05, 0) is 58.9 Å². The third-order valence-corrected chi connectivity index (χ3v) is 8.94. The van der Waals surface area contributed by atoms with Crippen molar-refractivity contribution in [2.45, 2.75) is 38.6 Å². The minimum atomic E-state index is -1.13. The van der Waals surface area contributed by atoms with E-state index in [0.717, 1.165) is 37.2 Å². The Morgan fingerprint density at radius 1 is 0.875 bits per heavy atom. The van der Waals surface area contributed by atoms with Crippen molar-refractivity contribution in [2.24, 2.45) is 17.8 Å². The normalized spacial score (nSPS) is 23.0. The van der Waals surface area contributed by atoms with Gasteiger partial charge in [0.1, 0.15) is 6.04 Å². The summed E-state index contributed by atoms with van der Waals surface area (Å²) in [5.41, 5.74) is 5.73. The first-order chi connectivity index (χ1) is 19.2. The molecule has 4 aliphatic rings. The van der Waals surface area contributed by atoms with Crippen molar-refractivity contribution in [1.29, 1.82) is 0 Å². The number of ether oxygens (including phenoxy) is 1. The molecule has 40 heavy (non-hydrogen) atoms. The van der Waals surface area contributed by atoms with Gasteiger partial charge < -0.3 is 10.1 Å². The highest BCUT2D eigenvalue weighted by molar-refractivity contribution is 9.10. The Morgan fingerprint density at radius 3 is 1.82 bits per heavy atom. The third kappa shape index (κ3) is 4.08. The second-order valence-corrected chi connectivity index (χ2v) is 12.0. The van der Waals surface area contributed by atoms with Crippen molar-refractivity contribution >= 4 is 45.3 Å². The summed E-state index contributed by atoms with van der Waals surface area (Å²) < 4.78 is 6.30. The molecule has 0 saturated carbocycles. The quantitative estimate of drug-likeness (QED) is 0.312. The van der Waals surface area contributed by atoms with Gasteiger partial charge in [0.25, 0.3) is 5.91 Å². The molecule has 3 aromatic rings. The zero-order valence-corrected chi connectivity index (χ0v) is 24.0. The second kappa shape index (κ2) is 10.0. The maximum atomic E-state index is 14.1. The minimum Gasteiger partial charge on any atom is -0.454 e. The van der Waals surface area contributed by atoms with Crippen LogP contribution in [0.2, 0.25) is 0 Å². The van der Waals surface area contributed by atoms with Crippen LogP contribution in [0.15, 0.2) is 71.2 Å². The lowest BCUT2D eigenvalue weighted by molar-refractivity contribution is -0.162. The van der Waals surface area contributed by atoms with E-state index in [0.29, 0.717) is 5.69 Å². The Balaban J connectivity index is 1.26. The predicted molar refractivity (Wildman–Crippen MR) is 152 cm³/mol. The predicted octanol–water partition coefficient (Wildman–Crippen LogP) is 5.16. The number of hydrogen-bond donors (Lipinski definition) is 1. The number of aryl methyl sites for hydroxylation is 1. The second-order valence-electron chi connectivity index (χ2n) is 11.1. The topological polar surface area (TPSA) is 92.8 Å². The highest BCUT2D eigenvalue weighted by Gasteiger charge is 2.63. The zero-order valence-electron chi connectivity index (χ0n) is 22.4. The average Bonchev–Trinajstić information content (AvgIpc) is 3.19. The summed E-state index contributed by atoms with van der Waals surface area (Å²) in [5.74, 6) is -4.04. The summed E-state index contributed by atoms with van der Waals surface area (Å²) in [6.45, 7) is 4.88. The van der Waals surface area contributed by atoms with E-state index in [4.69, 9.17) is 4.74 Å². The summed E-state index contributed by atoms with van der Waals surface area (Å²) >= 11 is 3.39. The number of likely N-dealkylation sites (tertiary alicyclic amines) is 1. The van der Waals surface area contributed by atoms with Crippen molar-refractivity contribution < 1.29 is 23.9 Å². The SMILES string of the molecule is Cc1cc(Br)ccc1NC(=O)COC(=O)[C@H](C(C)C)N1C(=O)[C@@H]2C3c4ccccc4C(c4ccccc43)[C@@H]2C1=O. The standard InChI is InChI=1S/C32H29BrN2O5/c1-16(2)29(32(39)40-15-24(36)34-23-13-12-18(33)14-17(23)3)35-30(37)27-25-19-8-4-5-9-20(19)26(28(27)31(35)38)22-11-7-6-10-21(22)25/h4-14,16,25-29H,15H2,1-3H3,(H,34,36)/t25?,26?,27-,28+,29-/m0/s1. The van der Waals surface area contributed by atoms with E-state index in [1.54, 1.807) is 26.0 Å². The number of nitrogens with one attached hydrogen (secondary N) is 1. The van der Waals surface area contributed by atoms with Gasteiger partial charge in [0.15, 0.2) is 6.61 Å². The lowest BCUT2D eigenvalue weighted by atomic mass is 9.55. The molecule has 0 unspecified atom stereocenters. The highest BCUT2D eigenvalue weighted by atomic mass is 79.9. The summed E-state index contributed by atoms with van der Waals surface area (Å²) in [5, 5.41) is 2.74. The lowest BCUT2D eigenvalue weighted by Gasteiger charge is -2.45. The zero-order chi connectivity index (χ0) is 28.3. The van der Waals surface area contributed by atoms with Gasteiger partial charge in [0.05, 0.1) is 11.8 Å². The van der Waals surface area contributed by atoms with E-state index in [1.807, 2.05) is 61.5 Å². The Kier molecular flexibility index (Phi) is 6.61. The number of rotatable bonds is 6. The van der Waals surface area contributed by atoms with Gasteiger partial charge in [0.2, 0.25) is 11.8 Å². The monoisotopic (exact) mass is 600 g/mol. The molecule has 1 N–H and O–H groups in total. The summed E-state index contributed by atoms with van der Waals surface area (Å²) in [6.07, 6.45) is 0. The lowest BCUT2D eigenvalue weighted by Crippen LogP contribution is -2.49. The third-order valence-electron chi connectivity index (χ3n) is 8.44. The maximum Gasteiger partial charge on any atom is 0.330 e. The Bertz CT molecular complexity index is 1450. The number of benzene rings is 3. The maximum absolute atomic E-state index is 14.1. The van der Waals surface area contributed by atoms with Gasteiger partial charge in [-0.2, -0.15) is 0 Å². The number of halogens is 1. The van der Waals surface area contributed by atoms with Crippen LogP contribution in [-0.4, -0.2) is 41.2 Å². The molecule has 3 aromatic carbocycles. The van der Waals surface area contributed by atoms with Gasteiger partial charge in [-0.3, -0.25) is 19.3 Å². The summed E-state index contributed by atoms with van der Waals surface area (Å²) in [6, 6.07) is 20.3. The van der Waals surface area contributed by atoms with E-state index in [1.165, 1.54) is 0 Å². The van der Waals surface area contributed by atoms with E-state index in [-0.39, 0.29) is 23.7 Å². The van der Waals surface area contributed by atoms with Gasteiger partial charge in [-0.15, -0.1) is 0 Å². The average molecular weight is 601 g/mol. The Labute approximate surface area is 241 Å². The molecule has 0 radical (unpaired) electrons. The fourth-order valence-corrected chi connectivity index (χ4v) is 7.30. The van der Waals surface area contributed by atoms with E-state index in [9.17, 15) is 19.2 Å². The number of imide groups is 1.